The van der Waals surface area contributed by atoms with Gasteiger partial charge in [0.25, 0.3) is 0 Å². The summed E-state index contributed by atoms with van der Waals surface area (Å²) in [5.41, 5.74) is 1.22. The smallest absolute Gasteiger partial charge is 0.330 e. The van der Waals surface area contributed by atoms with E-state index < -0.39 is 5.97 Å². The largest absolute Gasteiger partial charge is 0.496 e. The number of methoxy groups -OCH3 is 2. The molecule has 4 nitrogen and oxygen atoms in total. The SMILES string of the molecule is COC(=O)C=Cc1ccc(C#N)cc1OC. The fraction of sp³-hybridized carbons (Fsp3) is 0.167. The average molecular weight is 217 g/mol. The number of esters is 1. The van der Waals surface area contributed by atoms with Gasteiger partial charge in [0.05, 0.1) is 25.9 Å². The van der Waals surface area contributed by atoms with Gasteiger partial charge in [-0.25, -0.2) is 4.79 Å². The van der Waals surface area contributed by atoms with Crippen LogP contribution >= 0.6 is 0 Å². The lowest BCUT2D eigenvalue weighted by atomic mass is 10.1. The molecule has 0 aliphatic carbocycles. The minimum atomic E-state index is -0.439. The van der Waals surface area contributed by atoms with Gasteiger partial charge in [-0.1, -0.05) is 0 Å². The van der Waals surface area contributed by atoms with E-state index in [2.05, 4.69) is 4.74 Å². The third kappa shape index (κ3) is 2.85. The first-order valence-corrected chi connectivity index (χ1v) is 4.55. The summed E-state index contributed by atoms with van der Waals surface area (Å²) in [6.07, 6.45) is 2.87. The van der Waals surface area contributed by atoms with E-state index in [1.807, 2.05) is 6.07 Å². The van der Waals surface area contributed by atoms with Gasteiger partial charge < -0.3 is 9.47 Å². The molecule has 0 radical (unpaired) electrons. The van der Waals surface area contributed by atoms with Crippen molar-refractivity contribution in [1.29, 1.82) is 5.26 Å². The van der Waals surface area contributed by atoms with E-state index in [1.54, 1.807) is 24.3 Å². The van der Waals surface area contributed by atoms with Crippen LogP contribution in [-0.4, -0.2) is 20.2 Å². The zero-order valence-electron chi connectivity index (χ0n) is 9.06. The van der Waals surface area contributed by atoms with Gasteiger partial charge in [-0.2, -0.15) is 5.26 Å². The highest BCUT2D eigenvalue weighted by Gasteiger charge is 2.02. The van der Waals surface area contributed by atoms with E-state index in [0.717, 1.165) is 0 Å². The second kappa shape index (κ2) is 5.56. The lowest BCUT2D eigenvalue weighted by Gasteiger charge is -2.04. The van der Waals surface area contributed by atoms with Gasteiger partial charge in [-0.3, -0.25) is 0 Å². The lowest BCUT2D eigenvalue weighted by Crippen LogP contribution is -1.94. The number of carbonyl (C=O) groups is 1. The molecular weight excluding hydrogens is 206 g/mol. The summed E-state index contributed by atoms with van der Waals surface area (Å²) in [5, 5.41) is 8.71. The van der Waals surface area contributed by atoms with Gasteiger partial charge in [-0.15, -0.1) is 0 Å². The topological polar surface area (TPSA) is 59.3 Å². The van der Waals surface area contributed by atoms with Crippen LogP contribution in [0.4, 0.5) is 0 Å². The molecule has 1 aromatic carbocycles. The molecule has 0 aromatic heterocycles. The van der Waals surface area contributed by atoms with Crippen molar-refractivity contribution in [3.8, 4) is 11.8 Å². The zero-order valence-corrected chi connectivity index (χ0v) is 9.06. The Balaban J connectivity index is 3.01. The zero-order chi connectivity index (χ0) is 12.0. The minimum absolute atomic E-state index is 0.439. The molecule has 16 heavy (non-hydrogen) atoms. The number of ether oxygens (including phenoxy) is 2. The third-order valence-electron chi connectivity index (χ3n) is 1.96. The van der Waals surface area contributed by atoms with Crippen molar-refractivity contribution in [2.75, 3.05) is 14.2 Å². The van der Waals surface area contributed by atoms with Gasteiger partial charge >= 0.3 is 5.97 Å². The van der Waals surface area contributed by atoms with Crippen molar-refractivity contribution in [1.82, 2.24) is 0 Å². The predicted octanol–water partition coefficient (Wildman–Crippen LogP) is 1.75. The molecule has 0 heterocycles. The van der Waals surface area contributed by atoms with Crippen molar-refractivity contribution in [2.45, 2.75) is 0 Å². The molecule has 1 aromatic rings. The Bertz CT molecular complexity index is 458. The van der Waals surface area contributed by atoms with Crippen LogP contribution in [0.15, 0.2) is 24.3 Å². The molecule has 0 unspecified atom stereocenters. The van der Waals surface area contributed by atoms with Crippen molar-refractivity contribution in [3.05, 3.63) is 35.4 Å². The Morgan fingerprint density at radius 3 is 2.75 bits per heavy atom. The molecule has 1 rings (SSSR count). The van der Waals surface area contributed by atoms with Crippen LogP contribution in [0.5, 0.6) is 5.75 Å². The fourth-order valence-corrected chi connectivity index (χ4v) is 1.14. The Hall–Kier alpha value is -2.28. The first-order valence-electron chi connectivity index (χ1n) is 4.55. The van der Waals surface area contributed by atoms with Gasteiger partial charge in [0.1, 0.15) is 5.75 Å². The number of nitrogens with zero attached hydrogens (tertiary/aromatic N) is 1. The number of hydrogen-bond acceptors (Lipinski definition) is 4. The number of carbonyl (C=O) groups excluding carboxylic acids is 1. The second-order valence-corrected chi connectivity index (χ2v) is 2.93. The Labute approximate surface area is 93.7 Å². The maximum absolute atomic E-state index is 10.9. The van der Waals surface area contributed by atoms with E-state index in [-0.39, 0.29) is 0 Å². The molecule has 0 spiro atoms. The molecule has 0 amide bonds. The monoisotopic (exact) mass is 217 g/mol. The van der Waals surface area contributed by atoms with Gasteiger partial charge in [-0.05, 0) is 24.3 Å². The van der Waals surface area contributed by atoms with Crippen molar-refractivity contribution in [3.63, 3.8) is 0 Å². The van der Waals surface area contributed by atoms with E-state index in [4.69, 9.17) is 10.00 Å². The molecule has 0 bridgehead atoms. The molecule has 0 aliphatic heterocycles. The number of nitriles is 1. The first kappa shape index (κ1) is 11.8. The van der Waals surface area contributed by atoms with Gasteiger partial charge in [0.2, 0.25) is 0 Å². The Morgan fingerprint density at radius 2 is 2.19 bits per heavy atom. The molecule has 0 saturated carbocycles. The van der Waals surface area contributed by atoms with Crippen LogP contribution in [0.25, 0.3) is 6.08 Å². The second-order valence-electron chi connectivity index (χ2n) is 2.93. The van der Waals surface area contributed by atoms with Crippen LogP contribution in [0.3, 0.4) is 0 Å². The molecule has 82 valence electrons. The number of rotatable bonds is 3. The lowest BCUT2D eigenvalue weighted by molar-refractivity contribution is -0.134. The normalized spacial score (nSPS) is 9.81. The van der Waals surface area contributed by atoms with Crippen molar-refractivity contribution in [2.24, 2.45) is 0 Å². The van der Waals surface area contributed by atoms with Crippen LogP contribution in [0.2, 0.25) is 0 Å². The van der Waals surface area contributed by atoms with E-state index in [9.17, 15) is 4.79 Å². The molecule has 0 atom stereocenters. The maximum atomic E-state index is 10.9. The number of hydrogen-bond donors (Lipinski definition) is 0. The molecule has 0 saturated heterocycles. The maximum Gasteiger partial charge on any atom is 0.330 e. The molecule has 0 N–H and O–H groups in total. The summed E-state index contributed by atoms with van der Waals surface area (Å²) >= 11 is 0. The van der Waals surface area contributed by atoms with Crippen molar-refractivity contribution >= 4 is 12.0 Å². The highest BCUT2D eigenvalue weighted by atomic mass is 16.5. The summed E-state index contributed by atoms with van der Waals surface area (Å²) in [6, 6.07) is 6.97. The summed E-state index contributed by atoms with van der Waals surface area (Å²) < 4.78 is 9.57. The predicted molar refractivity (Wildman–Crippen MR) is 58.8 cm³/mol. The van der Waals surface area contributed by atoms with Crippen LogP contribution < -0.4 is 4.74 Å². The third-order valence-corrected chi connectivity index (χ3v) is 1.96. The average Bonchev–Trinajstić information content (AvgIpc) is 2.35. The Kier molecular flexibility index (Phi) is 4.10. The van der Waals surface area contributed by atoms with E-state index in [0.29, 0.717) is 16.9 Å². The van der Waals surface area contributed by atoms with Gasteiger partial charge in [0.15, 0.2) is 0 Å². The van der Waals surface area contributed by atoms with Crippen molar-refractivity contribution < 1.29 is 14.3 Å². The molecular formula is C12H11NO3. The van der Waals surface area contributed by atoms with Crippen LogP contribution in [0, 0.1) is 11.3 Å². The minimum Gasteiger partial charge on any atom is -0.496 e. The summed E-state index contributed by atoms with van der Waals surface area (Å²) in [7, 11) is 2.81. The standard InChI is InChI=1S/C12H11NO3/c1-15-11-7-9(8-13)3-4-10(11)5-6-12(14)16-2/h3-7H,1-2H3. The van der Waals surface area contributed by atoms with Gasteiger partial charge in [0, 0.05) is 11.6 Å². The quantitative estimate of drug-likeness (QED) is 0.571. The molecule has 0 fully saturated rings. The van der Waals surface area contributed by atoms with Crippen LogP contribution in [0.1, 0.15) is 11.1 Å². The summed E-state index contributed by atoms with van der Waals surface area (Å²) in [5.74, 6) is 0.102. The molecule has 0 aliphatic rings. The molecule has 4 heteroatoms. The summed E-state index contributed by atoms with van der Waals surface area (Å²) in [4.78, 5) is 10.9. The fourth-order valence-electron chi connectivity index (χ4n) is 1.14. The van der Waals surface area contributed by atoms with E-state index in [1.165, 1.54) is 20.3 Å². The summed E-state index contributed by atoms with van der Waals surface area (Å²) in [6.45, 7) is 0. The van der Waals surface area contributed by atoms with E-state index >= 15 is 0 Å². The van der Waals surface area contributed by atoms with Crippen LogP contribution in [-0.2, 0) is 9.53 Å². The first-order chi connectivity index (χ1) is 7.71. The highest BCUT2D eigenvalue weighted by molar-refractivity contribution is 5.87. The highest BCUT2D eigenvalue weighted by Crippen LogP contribution is 2.21. The number of benzene rings is 1. The Morgan fingerprint density at radius 1 is 1.44 bits per heavy atom.